The van der Waals surface area contributed by atoms with Crippen LogP contribution >= 0.6 is 0 Å². The molecule has 0 aliphatic rings. The molecule has 0 bridgehead atoms. The third kappa shape index (κ3) is 3.88. The Balaban J connectivity index is 1.67. The average molecular weight is 354 g/mol. The first-order chi connectivity index (χ1) is 12.4. The summed E-state index contributed by atoms with van der Waals surface area (Å²) in [6.07, 6.45) is 1.73. The van der Waals surface area contributed by atoms with Crippen LogP contribution in [-0.4, -0.2) is 21.8 Å². The topological polar surface area (TPSA) is 72.4 Å². The summed E-state index contributed by atoms with van der Waals surface area (Å²) in [6.45, 7) is 5.74. The Labute approximate surface area is 150 Å². The van der Waals surface area contributed by atoms with Crippen molar-refractivity contribution in [3.05, 3.63) is 70.5 Å². The summed E-state index contributed by atoms with van der Waals surface area (Å²) >= 11 is 0. The smallest absolute Gasteiger partial charge is 0.244 e. The Bertz CT molecular complexity index is 955. The lowest BCUT2D eigenvalue weighted by Crippen LogP contribution is -2.19. The molecule has 0 radical (unpaired) electrons. The highest BCUT2D eigenvalue weighted by atomic mass is 19.1. The van der Waals surface area contributed by atoms with Gasteiger partial charge in [-0.3, -0.25) is 9.36 Å². The molecule has 1 amide bonds. The quantitative estimate of drug-likeness (QED) is 0.565. The van der Waals surface area contributed by atoms with Crippen LogP contribution in [0.4, 0.5) is 4.39 Å². The molecule has 0 atom stereocenters. The Morgan fingerprint density at radius 3 is 2.65 bits per heavy atom. The number of hydrogen-bond donors (Lipinski definition) is 1. The molecule has 134 valence electrons. The number of nitrogens with one attached hydrogen (secondary N) is 1. The monoisotopic (exact) mass is 354 g/mol. The molecule has 2 aromatic heterocycles. The van der Waals surface area contributed by atoms with Crippen LogP contribution in [0, 0.1) is 26.6 Å². The maximum Gasteiger partial charge on any atom is 0.244 e. The summed E-state index contributed by atoms with van der Waals surface area (Å²) in [7, 11) is 0. The summed E-state index contributed by atoms with van der Waals surface area (Å²) in [5.41, 5.74) is 5.99. The van der Waals surface area contributed by atoms with Crippen LogP contribution in [0.5, 0.6) is 0 Å². The number of amides is 1. The summed E-state index contributed by atoms with van der Waals surface area (Å²) < 4.78 is 20.0. The Morgan fingerprint density at radius 1 is 1.27 bits per heavy atom. The number of carbonyl (C=O) groups is 1. The number of aryl methyl sites for hydroxylation is 2. The normalized spacial score (nSPS) is 11.2. The van der Waals surface area contributed by atoms with Crippen LogP contribution in [0.25, 0.3) is 5.82 Å². The van der Waals surface area contributed by atoms with Crippen LogP contribution in [0.3, 0.4) is 0 Å². The zero-order valence-electron chi connectivity index (χ0n) is 14.8. The highest BCUT2D eigenvalue weighted by Crippen LogP contribution is 2.19. The van der Waals surface area contributed by atoms with Crippen molar-refractivity contribution in [2.24, 2.45) is 5.10 Å². The number of benzene rings is 1. The van der Waals surface area contributed by atoms with Gasteiger partial charge in [0.2, 0.25) is 5.91 Å². The minimum atomic E-state index is -0.329. The van der Waals surface area contributed by atoms with Crippen molar-refractivity contribution in [3.63, 3.8) is 0 Å². The summed E-state index contributed by atoms with van der Waals surface area (Å²) in [5.74, 6) is 0.840. The van der Waals surface area contributed by atoms with E-state index in [2.05, 4.69) is 15.7 Å². The van der Waals surface area contributed by atoms with Crippen LogP contribution in [0.2, 0.25) is 0 Å². The van der Waals surface area contributed by atoms with E-state index >= 15 is 0 Å². The largest absolute Gasteiger partial charge is 0.360 e. The molecule has 7 heteroatoms. The van der Waals surface area contributed by atoms with E-state index in [1.165, 1.54) is 12.1 Å². The zero-order valence-corrected chi connectivity index (χ0v) is 14.8. The van der Waals surface area contributed by atoms with E-state index in [0.717, 1.165) is 28.3 Å². The van der Waals surface area contributed by atoms with E-state index in [1.54, 1.807) is 18.3 Å². The molecule has 26 heavy (non-hydrogen) atoms. The lowest BCUT2D eigenvalue weighted by Gasteiger charge is -2.04. The average Bonchev–Trinajstić information content (AvgIpc) is 3.13. The molecule has 0 saturated carbocycles. The molecule has 1 aromatic carbocycles. The van der Waals surface area contributed by atoms with Gasteiger partial charge >= 0.3 is 0 Å². The zero-order chi connectivity index (χ0) is 18.7. The van der Waals surface area contributed by atoms with Gasteiger partial charge < -0.3 is 4.52 Å². The second-order valence-electron chi connectivity index (χ2n) is 6.05. The Kier molecular flexibility index (Phi) is 4.97. The van der Waals surface area contributed by atoms with Gasteiger partial charge in [0.05, 0.1) is 12.6 Å². The number of carbonyl (C=O) groups excluding carboxylic acids is 1. The third-order valence-corrected chi connectivity index (χ3v) is 3.99. The molecule has 0 fully saturated rings. The summed E-state index contributed by atoms with van der Waals surface area (Å²) in [6, 6.07) is 9.61. The molecule has 0 aliphatic heterocycles. The lowest BCUT2D eigenvalue weighted by atomic mass is 10.1. The predicted octanol–water partition coefficient (Wildman–Crippen LogP) is 3.22. The Hall–Kier alpha value is -3.22. The molecule has 0 aliphatic carbocycles. The molecule has 0 saturated heterocycles. The van der Waals surface area contributed by atoms with E-state index in [1.807, 2.05) is 37.5 Å². The molecule has 2 heterocycles. The van der Waals surface area contributed by atoms with Crippen molar-refractivity contribution in [2.45, 2.75) is 27.2 Å². The number of halogens is 1. The van der Waals surface area contributed by atoms with Crippen LogP contribution in [0.15, 0.2) is 46.0 Å². The fraction of sp³-hybridized carbons (Fsp3) is 0.211. The van der Waals surface area contributed by atoms with Gasteiger partial charge in [0.15, 0.2) is 5.82 Å². The lowest BCUT2D eigenvalue weighted by molar-refractivity contribution is -0.120. The van der Waals surface area contributed by atoms with Crippen LogP contribution < -0.4 is 5.43 Å². The van der Waals surface area contributed by atoms with E-state index in [9.17, 15) is 9.18 Å². The van der Waals surface area contributed by atoms with Crippen molar-refractivity contribution < 1.29 is 13.7 Å². The molecule has 1 N–H and O–H groups in total. The fourth-order valence-electron chi connectivity index (χ4n) is 2.73. The third-order valence-electron chi connectivity index (χ3n) is 3.99. The van der Waals surface area contributed by atoms with Gasteiger partial charge in [-0.1, -0.05) is 17.3 Å². The number of aromatic nitrogens is 2. The van der Waals surface area contributed by atoms with E-state index in [4.69, 9.17) is 4.52 Å². The van der Waals surface area contributed by atoms with Crippen LogP contribution in [0.1, 0.15) is 28.3 Å². The first kappa shape index (κ1) is 17.6. The first-order valence-electron chi connectivity index (χ1n) is 8.13. The second kappa shape index (κ2) is 7.35. The molecule has 0 unspecified atom stereocenters. The van der Waals surface area contributed by atoms with Crippen molar-refractivity contribution in [1.29, 1.82) is 0 Å². The molecule has 6 nitrogen and oxygen atoms in total. The maximum absolute atomic E-state index is 12.9. The number of nitrogens with zero attached hydrogens (tertiary/aromatic N) is 3. The number of hydrazone groups is 1. The predicted molar refractivity (Wildman–Crippen MR) is 95.9 cm³/mol. The van der Waals surface area contributed by atoms with Crippen molar-refractivity contribution in [1.82, 2.24) is 15.1 Å². The molecule has 0 spiro atoms. The maximum atomic E-state index is 12.9. The molecule has 3 aromatic rings. The number of rotatable bonds is 5. The minimum Gasteiger partial charge on any atom is -0.360 e. The van der Waals surface area contributed by atoms with E-state index in [-0.39, 0.29) is 18.1 Å². The molecular weight excluding hydrogens is 335 g/mol. The van der Waals surface area contributed by atoms with Gasteiger partial charge in [0.1, 0.15) is 11.6 Å². The van der Waals surface area contributed by atoms with Crippen molar-refractivity contribution in [3.8, 4) is 5.82 Å². The van der Waals surface area contributed by atoms with Gasteiger partial charge in [-0.2, -0.15) is 5.10 Å². The van der Waals surface area contributed by atoms with Gasteiger partial charge in [-0.15, -0.1) is 0 Å². The van der Waals surface area contributed by atoms with Gasteiger partial charge in [0, 0.05) is 23.0 Å². The van der Waals surface area contributed by atoms with Gasteiger partial charge in [-0.25, -0.2) is 9.82 Å². The van der Waals surface area contributed by atoms with Gasteiger partial charge in [-0.05, 0) is 44.5 Å². The van der Waals surface area contributed by atoms with Gasteiger partial charge in [0.25, 0.3) is 0 Å². The van der Waals surface area contributed by atoms with Crippen molar-refractivity contribution >= 4 is 12.1 Å². The SMILES string of the molecule is Cc1cc(-n2c(C)cc(/C=N\NC(=O)Cc3ccc(F)cc3)c2C)no1. The van der Waals surface area contributed by atoms with Crippen molar-refractivity contribution in [2.75, 3.05) is 0 Å². The first-order valence-corrected chi connectivity index (χ1v) is 8.13. The Morgan fingerprint density at radius 2 is 2.00 bits per heavy atom. The molecular formula is C19H19FN4O2. The number of hydrogen-bond acceptors (Lipinski definition) is 4. The van der Waals surface area contributed by atoms with Crippen LogP contribution in [-0.2, 0) is 11.2 Å². The molecule has 3 rings (SSSR count). The second-order valence-corrected chi connectivity index (χ2v) is 6.05. The fourth-order valence-corrected chi connectivity index (χ4v) is 2.73. The minimum absolute atomic E-state index is 0.134. The summed E-state index contributed by atoms with van der Waals surface area (Å²) in [5, 5.41) is 8.04. The standard InChI is InChI=1S/C19H19FN4O2/c1-12-8-16(14(3)24(12)18-9-13(2)26-23-18)11-21-22-19(25)10-15-4-6-17(20)7-5-15/h4-9,11H,10H2,1-3H3,(H,22,25)/b21-11-. The van der Waals surface area contributed by atoms with E-state index < -0.39 is 0 Å². The highest BCUT2D eigenvalue weighted by molar-refractivity contribution is 5.84. The van der Waals surface area contributed by atoms with E-state index in [0.29, 0.717) is 5.82 Å². The highest BCUT2D eigenvalue weighted by Gasteiger charge is 2.12. The summed E-state index contributed by atoms with van der Waals surface area (Å²) in [4.78, 5) is 11.9.